The van der Waals surface area contributed by atoms with Gasteiger partial charge in [-0.15, -0.1) is 0 Å². The van der Waals surface area contributed by atoms with Crippen molar-refractivity contribution in [3.8, 4) is 0 Å². The van der Waals surface area contributed by atoms with E-state index in [1.165, 1.54) is 0 Å². The van der Waals surface area contributed by atoms with Gasteiger partial charge in [-0.05, 0) is 48.3 Å². The lowest BCUT2D eigenvalue weighted by Crippen LogP contribution is -2.54. The van der Waals surface area contributed by atoms with Crippen LogP contribution in [-0.2, 0) is 48.1 Å². The number of nitrogens with one attached hydrogen (secondary N) is 2. The summed E-state index contributed by atoms with van der Waals surface area (Å²) in [6.07, 6.45) is 1.59. The molecule has 9 nitrogen and oxygen atoms in total. The Morgan fingerprint density at radius 1 is 0.771 bits per heavy atom. The molecule has 3 atom stereocenters. The van der Waals surface area contributed by atoms with E-state index in [-0.39, 0.29) is 37.2 Å². The summed E-state index contributed by atoms with van der Waals surface area (Å²) in [5.41, 5.74) is 2.82. The summed E-state index contributed by atoms with van der Waals surface area (Å²) in [7, 11) is 0. The van der Waals surface area contributed by atoms with Crippen molar-refractivity contribution >= 4 is 23.6 Å². The predicted molar refractivity (Wildman–Crippen MR) is 185 cm³/mol. The third-order valence-electron chi connectivity index (χ3n) is 8.43. The van der Waals surface area contributed by atoms with Crippen molar-refractivity contribution in [3.05, 3.63) is 108 Å². The molecule has 0 radical (unpaired) electrons. The van der Waals surface area contributed by atoms with E-state index in [0.29, 0.717) is 52.0 Å². The van der Waals surface area contributed by atoms with Gasteiger partial charge in [-0.1, -0.05) is 105 Å². The SMILES string of the molecule is CC(C)C[C@H](NC(=O)[C@H](CCc1ccccc1)NC(=O)CN1CCOCC1)C(=O)C[C@@H](Cc1ccccc1)C(=O)OCc1ccccc1. The third-order valence-corrected chi connectivity index (χ3v) is 8.43. The maximum Gasteiger partial charge on any atom is 0.310 e. The van der Waals surface area contributed by atoms with E-state index in [1.807, 2.05) is 110 Å². The number of carbonyl (C=O) groups excluding carboxylic acids is 4. The molecular weight excluding hydrogens is 606 g/mol. The zero-order valence-electron chi connectivity index (χ0n) is 28.1. The predicted octanol–water partition coefficient (Wildman–Crippen LogP) is 4.53. The Morgan fingerprint density at radius 3 is 1.96 bits per heavy atom. The number of ether oxygens (including phenoxy) is 2. The molecule has 2 N–H and O–H groups in total. The second-order valence-corrected chi connectivity index (χ2v) is 12.9. The number of benzene rings is 3. The highest BCUT2D eigenvalue weighted by Gasteiger charge is 2.31. The fraction of sp³-hybridized carbons (Fsp3) is 0.436. The van der Waals surface area contributed by atoms with Crippen LogP contribution >= 0.6 is 0 Å². The molecule has 256 valence electrons. The highest BCUT2D eigenvalue weighted by molar-refractivity contribution is 5.94. The Hall–Kier alpha value is -4.34. The lowest BCUT2D eigenvalue weighted by atomic mass is 9.89. The topological polar surface area (TPSA) is 114 Å². The Balaban J connectivity index is 1.46. The van der Waals surface area contributed by atoms with Crippen molar-refractivity contribution in [2.24, 2.45) is 11.8 Å². The minimum atomic E-state index is -0.836. The fourth-order valence-corrected chi connectivity index (χ4v) is 5.81. The number of hydrogen-bond donors (Lipinski definition) is 2. The van der Waals surface area contributed by atoms with Gasteiger partial charge in [0.1, 0.15) is 12.6 Å². The Labute approximate surface area is 284 Å². The summed E-state index contributed by atoms with van der Waals surface area (Å²) < 4.78 is 11.1. The molecule has 1 saturated heterocycles. The van der Waals surface area contributed by atoms with Gasteiger partial charge in [0.05, 0.1) is 31.7 Å². The van der Waals surface area contributed by atoms with Gasteiger partial charge in [0.15, 0.2) is 5.78 Å². The first-order valence-corrected chi connectivity index (χ1v) is 17.0. The lowest BCUT2D eigenvalue weighted by Gasteiger charge is -2.28. The van der Waals surface area contributed by atoms with Crippen molar-refractivity contribution < 1.29 is 28.7 Å². The van der Waals surface area contributed by atoms with Crippen molar-refractivity contribution in [1.29, 1.82) is 0 Å². The van der Waals surface area contributed by atoms with E-state index in [0.717, 1.165) is 16.7 Å². The first kappa shape index (κ1) is 36.5. The number of carbonyl (C=O) groups is 4. The van der Waals surface area contributed by atoms with Gasteiger partial charge in [-0.25, -0.2) is 0 Å². The van der Waals surface area contributed by atoms with Gasteiger partial charge in [-0.2, -0.15) is 0 Å². The highest BCUT2D eigenvalue weighted by Crippen LogP contribution is 2.19. The molecule has 48 heavy (non-hydrogen) atoms. The number of Topliss-reactive ketones (excluding diaryl/α,β-unsaturated/α-hetero) is 1. The number of rotatable bonds is 18. The molecule has 0 spiro atoms. The van der Waals surface area contributed by atoms with E-state index in [1.54, 1.807) is 0 Å². The summed E-state index contributed by atoms with van der Waals surface area (Å²) in [4.78, 5) is 56.3. The van der Waals surface area contributed by atoms with E-state index in [2.05, 4.69) is 10.6 Å². The van der Waals surface area contributed by atoms with Crippen LogP contribution in [-0.4, -0.2) is 73.4 Å². The summed E-state index contributed by atoms with van der Waals surface area (Å²) in [5.74, 6) is -1.99. The van der Waals surface area contributed by atoms with Crippen LogP contribution in [0.25, 0.3) is 0 Å². The number of hydrogen-bond acceptors (Lipinski definition) is 7. The van der Waals surface area contributed by atoms with E-state index < -0.39 is 29.9 Å². The summed E-state index contributed by atoms with van der Waals surface area (Å²) in [6, 6.07) is 27.1. The molecule has 3 aromatic carbocycles. The van der Waals surface area contributed by atoms with E-state index in [9.17, 15) is 19.2 Å². The van der Waals surface area contributed by atoms with Crippen LogP contribution in [0.5, 0.6) is 0 Å². The molecule has 0 aromatic heterocycles. The molecule has 0 unspecified atom stereocenters. The van der Waals surface area contributed by atoms with E-state index >= 15 is 0 Å². The van der Waals surface area contributed by atoms with Crippen molar-refractivity contribution in [2.45, 2.75) is 64.6 Å². The maximum absolute atomic E-state index is 14.0. The van der Waals surface area contributed by atoms with Crippen LogP contribution < -0.4 is 10.6 Å². The molecule has 1 aliphatic heterocycles. The maximum atomic E-state index is 14.0. The van der Waals surface area contributed by atoms with E-state index in [4.69, 9.17) is 9.47 Å². The van der Waals surface area contributed by atoms with Crippen molar-refractivity contribution in [3.63, 3.8) is 0 Å². The summed E-state index contributed by atoms with van der Waals surface area (Å²) in [6.45, 7) is 6.68. The van der Waals surface area contributed by atoms with Gasteiger partial charge >= 0.3 is 5.97 Å². The summed E-state index contributed by atoms with van der Waals surface area (Å²) in [5, 5.41) is 5.91. The zero-order valence-corrected chi connectivity index (χ0v) is 28.1. The molecule has 2 amide bonds. The van der Waals surface area contributed by atoms with Crippen LogP contribution in [0.15, 0.2) is 91.0 Å². The quantitative estimate of drug-likeness (QED) is 0.194. The molecule has 4 rings (SSSR count). The number of morpholine rings is 1. The molecule has 3 aromatic rings. The smallest absolute Gasteiger partial charge is 0.310 e. The number of nitrogens with zero attached hydrogens (tertiary/aromatic N) is 1. The van der Waals surface area contributed by atoms with Crippen LogP contribution in [0.3, 0.4) is 0 Å². The average Bonchev–Trinajstić information content (AvgIpc) is 3.10. The molecular formula is C39H49N3O6. The Bertz CT molecular complexity index is 1430. The number of amides is 2. The molecule has 1 fully saturated rings. The molecule has 0 bridgehead atoms. The molecule has 0 saturated carbocycles. The third kappa shape index (κ3) is 12.7. The fourth-order valence-electron chi connectivity index (χ4n) is 5.81. The van der Waals surface area contributed by atoms with Gasteiger partial charge in [0.2, 0.25) is 11.8 Å². The molecule has 9 heteroatoms. The largest absolute Gasteiger partial charge is 0.461 e. The Kier molecular flexibility index (Phi) is 14.8. The second-order valence-electron chi connectivity index (χ2n) is 12.9. The minimum Gasteiger partial charge on any atom is -0.461 e. The van der Waals surface area contributed by atoms with Crippen molar-refractivity contribution in [2.75, 3.05) is 32.8 Å². The first-order valence-electron chi connectivity index (χ1n) is 17.0. The van der Waals surface area contributed by atoms with Gasteiger partial charge in [0.25, 0.3) is 0 Å². The van der Waals surface area contributed by atoms with Crippen LogP contribution in [0.2, 0.25) is 0 Å². The van der Waals surface area contributed by atoms with Gasteiger partial charge in [0, 0.05) is 19.5 Å². The highest BCUT2D eigenvalue weighted by atomic mass is 16.5. The number of aryl methyl sites for hydroxylation is 1. The van der Waals surface area contributed by atoms with Crippen molar-refractivity contribution in [1.82, 2.24) is 15.5 Å². The number of esters is 1. The standard InChI is InChI=1S/C39H49N3O6/c1-29(2)24-35(36(43)26-33(25-31-14-8-4-9-15-31)39(46)48-28-32-16-10-5-11-17-32)41-38(45)34(19-18-30-12-6-3-7-13-30)40-37(44)27-42-20-22-47-23-21-42/h3-17,29,33-35H,18-28H2,1-2H3,(H,40,44)(H,41,45)/t33-,34+,35+/m1/s1. The monoisotopic (exact) mass is 655 g/mol. The molecule has 1 heterocycles. The van der Waals surface area contributed by atoms with Crippen LogP contribution in [0, 0.1) is 11.8 Å². The van der Waals surface area contributed by atoms with Crippen LogP contribution in [0.4, 0.5) is 0 Å². The lowest BCUT2D eigenvalue weighted by molar-refractivity contribution is -0.151. The van der Waals surface area contributed by atoms with Gasteiger partial charge in [-0.3, -0.25) is 24.1 Å². The number of ketones is 1. The molecule has 1 aliphatic rings. The zero-order chi connectivity index (χ0) is 34.1. The van der Waals surface area contributed by atoms with Crippen LogP contribution in [0.1, 0.15) is 49.8 Å². The Morgan fingerprint density at radius 2 is 1.35 bits per heavy atom. The average molecular weight is 656 g/mol. The first-order chi connectivity index (χ1) is 23.3. The normalized spacial score (nSPS) is 15.2. The summed E-state index contributed by atoms with van der Waals surface area (Å²) >= 11 is 0. The second kappa shape index (κ2) is 19.5. The van der Waals surface area contributed by atoms with Gasteiger partial charge < -0.3 is 20.1 Å². The molecule has 0 aliphatic carbocycles. The minimum absolute atomic E-state index is 0.0851.